The van der Waals surface area contributed by atoms with Gasteiger partial charge in [0.1, 0.15) is 5.82 Å². The Bertz CT molecular complexity index is 1450. The highest BCUT2D eigenvalue weighted by atomic mass is 16.6. The second kappa shape index (κ2) is 9.74. The van der Waals surface area contributed by atoms with Gasteiger partial charge in [0.15, 0.2) is 17.3 Å². The topological polar surface area (TPSA) is 141 Å². The second-order valence-electron chi connectivity index (χ2n) is 10.1. The zero-order chi connectivity index (χ0) is 27.9. The van der Waals surface area contributed by atoms with Gasteiger partial charge in [-0.25, -0.2) is 0 Å². The number of carbonyl (C=O) groups excluding carboxylic acids is 1. The molecule has 1 unspecified atom stereocenters. The van der Waals surface area contributed by atoms with Crippen LogP contribution in [0.25, 0.3) is 0 Å². The Morgan fingerprint density at radius 3 is 2.37 bits per heavy atom. The number of nitro benzene ring substituents is 1. The number of methoxy groups -OCH3 is 3. The summed E-state index contributed by atoms with van der Waals surface area (Å²) in [4.78, 5) is 26.6. The Balaban J connectivity index is 2.08. The minimum absolute atomic E-state index is 0.0992. The first kappa shape index (κ1) is 26.5. The standard InChI is InChI=1S/C28H30N4O6/c1-15-7-8-16(32(34)35)11-19(15)31-20-12-28(2,3)13-21(33)24(20)23(18(14-29)27(31)30)17-9-10-22(36-4)26(38-6)25(17)37-5/h7-11,23H,12-13,30H2,1-6H3. The van der Waals surface area contributed by atoms with Crippen molar-refractivity contribution in [2.24, 2.45) is 11.1 Å². The number of non-ortho nitro benzene ring substituents is 1. The molecule has 4 rings (SSSR count). The van der Waals surface area contributed by atoms with Gasteiger partial charge in [-0.05, 0) is 30.4 Å². The molecule has 10 heteroatoms. The number of rotatable bonds is 6. The number of aryl methyl sites for hydroxylation is 1. The van der Waals surface area contributed by atoms with Crippen LogP contribution in [0.5, 0.6) is 17.2 Å². The summed E-state index contributed by atoms with van der Waals surface area (Å²) in [6.07, 6.45) is 0.722. The lowest BCUT2D eigenvalue weighted by Gasteiger charge is -2.44. The minimum atomic E-state index is -0.830. The molecule has 1 heterocycles. The van der Waals surface area contributed by atoms with Crippen LogP contribution >= 0.6 is 0 Å². The Labute approximate surface area is 221 Å². The van der Waals surface area contributed by atoms with Crippen LogP contribution < -0.4 is 24.8 Å². The predicted molar refractivity (Wildman–Crippen MR) is 141 cm³/mol. The highest BCUT2D eigenvalue weighted by molar-refractivity contribution is 6.02. The molecule has 0 amide bonds. The number of nitrogens with zero attached hydrogens (tertiary/aromatic N) is 3. The molecule has 2 aromatic carbocycles. The van der Waals surface area contributed by atoms with Crippen molar-refractivity contribution in [2.45, 2.75) is 39.5 Å². The van der Waals surface area contributed by atoms with Crippen LogP contribution in [0.15, 0.2) is 53.0 Å². The summed E-state index contributed by atoms with van der Waals surface area (Å²) in [5.74, 6) is 0.212. The van der Waals surface area contributed by atoms with E-state index in [0.29, 0.717) is 51.8 Å². The van der Waals surface area contributed by atoms with Gasteiger partial charge in [-0.1, -0.05) is 26.0 Å². The van der Waals surface area contributed by atoms with E-state index in [1.165, 1.54) is 33.5 Å². The molecule has 38 heavy (non-hydrogen) atoms. The summed E-state index contributed by atoms with van der Waals surface area (Å²) in [7, 11) is 4.46. The first-order chi connectivity index (χ1) is 18.0. The molecule has 10 nitrogen and oxygen atoms in total. The quantitative estimate of drug-likeness (QED) is 0.419. The zero-order valence-corrected chi connectivity index (χ0v) is 22.2. The molecule has 198 valence electrons. The first-order valence-electron chi connectivity index (χ1n) is 12.0. The van der Waals surface area contributed by atoms with Crippen molar-refractivity contribution in [1.82, 2.24) is 0 Å². The van der Waals surface area contributed by atoms with Crippen LogP contribution in [0.4, 0.5) is 11.4 Å². The third-order valence-electron chi connectivity index (χ3n) is 7.07. The largest absolute Gasteiger partial charge is 0.493 e. The molecule has 0 bridgehead atoms. The van der Waals surface area contributed by atoms with Crippen LogP contribution in [-0.4, -0.2) is 32.0 Å². The smallest absolute Gasteiger partial charge is 0.271 e. The lowest BCUT2D eigenvalue weighted by Crippen LogP contribution is -2.42. The second-order valence-corrected chi connectivity index (χ2v) is 10.1. The normalized spacial score (nSPS) is 18.6. The van der Waals surface area contributed by atoms with Crippen molar-refractivity contribution in [3.05, 3.63) is 74.2 Å². The van der Waals surface area contributed by atoms with Gasteiger partial charge in [0.2, 0.25) is 5.75 Å². The van der Waals surface area contributed by atoms with Crippen molar-refractivity contribution < 1.29 is 23.9 Å². The molecular formula is C28H30N4O6. The molecule has 0 radical (unpaired) electrons. The van der Waals surface area contributed by atoms with Crippen LogP contribution in [0, 0.1) is 33.8 Å². The number of nitro groups is 1. The number of Topliss-reactive ketones (excluding diaryl/α,β-unsaturated/α-hetero) is 1. The van der Waals surface area contributed by atoms with Crippen LogP contribution in [0.3, 0.4) is 0 Å². The average Bonchev–Trinajstić information content (AvgIpc) is 2.86. The van der Waals surface area contributed by atoms with Gasteiger partial charge in [-0.3, -0.25) is 19.8 Å². The van der Waals surface area contributed by atoms with E-state index < -0.39 is 16.3 Å². The van der Waals surface area contributed by atoms with Gasteiger partial charge in [-0.15, -0.1) is 0 Å². The SMILES string of the molecule is COc1ccc(C2C(C#N)=C(N)N(c3cc([N+](=O)[O-])ccc3C)C3=C2C(=O)CC(C)(C)C3)c(OC)c1OC. The van der Waals surface area contributed by atoms with E-state index >= 15 is 0 Å². The number of carbonyl (C=O) groups is 1. The summed E-state index contributed by atoms with van der Waals surface area (Å²) in [6, 6.07) is 10.1. The van der Waals surface area contributed by atoms with Crippen molar-refractivity contribution in [3.8, 4) is 23.3 Å². The summed E-state index contributed by atoms with van der Waals surface area (Å²) in [6.45, 7) is 5.77. The number of benzene rings is 2. The predicted octanol–water partition coefficient (Wildman–Crippen LogP) is 4.87. The van der Waals surface area contributed by atoms with Crippen molar-refractivity contribution in [3.63, 3.8) is 0 Å². The van der Waals surface area contributed by atoms with Gasteiger partial charge >= 0.3 is 0 Å². The molecule has 0 saturated carbocycles. The summed E-state index contributed by atoms with van der Waals surface area (Å²) < 4.78 is 16.7. The van der Waals surface area contributed by atoms with Gasteiger partial charge in [-0.2, -0.15) is 5.26 Å². The molecule has 2 N–H and O–H groups in total. The third kappa shape index (κ3) is 4.20. The van der Waals surface area contributed by atoms with E-state index in [0.717, 1.165) is 0 Å². The number of ether oxygens (including phenoxy) is 3. The van der Waals surface area contributed by atoms with Crippen LogP contribution in [-0.2, 0) is 4.79 Å². The average molecular weight is 519 g/mol. The third-order valence-corrected chi connectivity index (χ3v) is 7.07. The molecule has 0 fully saturated rings. The number of nitrogens with two attached hydrogens (primary N) is 1. The molecule has 0 saturated heterocycles. The van der Waals surface area contributed by atoms with Crippen LogP contribution in [0.2, 0.25) is 0 Å². The molecule has 0 aromatic heterocycles. The van der Waals surface area contributed by atoms with E-state index in [4.69, 9.17) is 19.9 Å². The van der Waals surface area contributed by atoms with Crippen molar-refractivity contribution in [2.75, 3.05) is 26.2 Å². The number of ketones is 1. The molecular weight excluding hydrogens is 488 g/mol. The fourth-order valence-corrected chi connectivity index (χ4v) is 5.40. The molecule has 1 aliphatic carbocycles. The maximum atomic E-state index is 13.8. The number of allylic oxidation sites excluding steroid dienone is 3. The summed E-state index contributed by atoms with van der Waals surface area (Å²) >= 11 is 0. The molecule has 1 aliphatic heterocycles. The summed E-state index contributed by atoms with van der Waals surface area (Å²) in [5.41, 5.74) is 9.02. The van der Waals surface area contributed by atoms with E-state index in [1.807, 2.05) is 13.8 Å². The number of nitriles is 1. The monoisotopic (exact) mass is 518 g/mol. The molecule has 0 spiro atoms. The first-order valence-corrected chi connectivity index (χ1v) is 12.0. The fourth-order valence-electron chi connectivity index (χ4n) is 5.40. The van der Waals surface area contributed by atoms with E-state index in [9.17, 15) is 20.2 Å². The Hall–Kier alpha value is -4.52. The van der Waals surface area contributed by atoms with Gasteiger partial charge in [0, 0.05) is 35.4 Å². The Morgan fingerprint density at radius 1 is 1.11 bits per heavy atom. The van der Waals surface area contributed by atoms with Gasteiger partial charge < -0.3 is 19.9 Å². The number of anilines is 1. The summed E-state index contributed by atoms with van der Waals surface area (Å²) in [5, 5.41) is 22.0. The number of hydrogen-bond acceptors (Lipinski definition) is 9. The highest BCUT2D eigenvalue weighted by Gasteiger charge is 2.46. The zero-order valence-electron chi connectivity index (χ0n) is 22.2. The lowest BCUT2D eigenvalue weighted by atomic mass is 9.68. The Kier molecular flexibility index (Phi) is 6.80. The molecule has 2 aliphatic rings. The van der Waals surface area contributed by atoms with Gasteiger partial charge in [0.25, 0.3) is 5.69 Å². The molecule has 2 aromatic rings. The maximum absolute atomic E-state index is 13.8. The van der Waals surface area contributed by atoms with Crippen molar-refractivity contribution >= 4 is 17.2 Å². The Morgan fingerprint density at radius 2 is 1.79 bits per heavy atom. The van der Waals surface area contributed by atoms with E-state index in [2.05, 4.69) is 6.07 Å². The minimum Gasteiger partial charge on any atom is -0.493 e. The van der Waals surface area contributed by atoms with E-state index in [1.54, 1.807) is 30.0 Å². The van der Waals surface area contributed by atoms with E-state index in [-0.39, 0.29) is 29.3 Å². The molecule has 1 atom stereocenters. The number of hydrogen-bond donors (Lipinski definition) is 1. The van der Waals surface area contributed by atoms with Crippen molar-refractivity contribution in [1.29, 1.82) is 5.26 Å². The fraction of sp³-hybridized carbons (Fsp3) is 0.357. The van der Waals surface area contributed by atoms with Crippen LogP contribution in [0.1, 0.15) is 43.7 Å². The van der Waals surface area contributed by atoms with Gasteiger partial charge in [0.05, 0.1) is 49.5 Å². The lowest BCUT2D eigenvalue weighted by molar-refractivity contribution is -0.384. The highest BCUT2D eigenvalue weighted by Crippen LogP contribution is 2.54. The maximum Gasteiger partial charge on any atom is 0.271 e.